The van der Waals surface area contributed by atoms with Crippen LogP contribution in [0.5, 0.6) is 0 Å². The summed E-state index contributed by atoms with van der Waals surface area (Å²) in [6, 6.07) is 6.82. The molecule has 0 saturated heterocycles. The van der Waals surface area contributed by atoms with E-state index in [1.54, 1.807) is 0 Å². The highest BCUT2D eigenvalue weighted by Crippen LogP contribution is 2.16. The van der Waals surface area contributed by atoms with Crippen LogP contribution in [0.25, 0.3) is 0 Å². The molecule has 27 heavy (non-hydrogen) atoms. The largest absolute Gasteiger partial charge is 0.460 e. The van der Waals surface area contributed by atoms with Gasteiger partial charge in [0.05, 0.1) is 12.8 Å². The maximum atomic E-state index is 12.6. The lowest BCUT2D eigenvalue weighted by atomic mass is 10.0. The molecule has 142 valence electrons. The lowest BCUT2D eigenvalue weighted by molar-refractivity contribution is -0.145. The topological polar surface area (TPSA) is 72.5 Å². The summed E-state index contributed by atoms with van der Waals surface area (Å²) in [6.07, 6.45) is 0.393. The lowest BCUT2D eigenvalue weighted by Gasteiger charge is -2.16. The van der Waals surface area contributed by atoms with E-state index in [0.29, 0.717) is 6.42 Å². The van der Waals surface area contributed by atoms with Crippen molar-refractivity contribution in [2.75, 3.05) is 12.3 Å². The number of carbonyl (C=O) groups excluding carboxylic acids is 3. The van der Waals surface area contributed by atoms with Crippen molar-refractivity contribution >= 4 is 28.8 Å². The van der Waals surface area contributed by atoms with Crippen molar-refractivity contribution in [1.29, 1.82) is 0 Å². The number of nitrogens with one attached hydrogen (secondary N) is 1. The molecule has 0 heterocycles. The van der Waals surface area contributed by atoms with E-state index in [2.05, 4.69) is 5.32 Å². The van der Waals surface area contributed by atoms with Crippen molar-refractivity contribution in [1.82, 2.24) is 5.32 Å². The third kappa shape index (κ3) is 8.09. The molecule has 1 atom stereocenters. The predicted octanol–water partition coefficient (Wildman–Crippen LogP) is 2.98. The van der Waals surface area contributed by atoms with Crippen molar-refractivity contribution in [3.8, 4) is 0 Å². The van der Waals surface area contributed by atoms with E-state index < -0.39 is 61.2 Å². The highest BCUT2D eigenvalue weighted by atomic mass is 32.2. The summed E-state index contributed by atoms with van der Waals surface area (Å²) < 4.78 is 43.5. The van der Waals surface area contributed by atoms with Gasteiger partial charge in [-0.05, 0) is 17.5 Å². The minimum atomic E-state index is -0.817. The highest BCUT2D eigenvalue weighted by molar-refractivity contribution is 8.13. The van der Waals surface area contributed by atoms with Gasteiger partial charge in [-0.2, -0.15) is 0 Å². The van der Waals surface area contributed by atoms with Gasteiger partial charge in [-0.1, -0.05) is 72.3 Å². The first kappa shape index (κ1) is 14.5. The Morgan fingerprint density at radius 1 is 1.11 bits per heavy atom. The van der Waals surface area contributed by atoms with Gasteiger partial charge < -0.3 is 10.1 Å². The second-order valence-corrected chi connectivity index (χ2v) is 6.87. The maximum Gasteiger partial charge on any atom is 0.325 e. The molecule has 0 aromatic heterocycles. The lowest BCUT2D eigenvalue weighted by Crippen LogP contribution is -2.37. The number of esters is 1. The molecule has 0 unspecified atom stereocenters. The van der Waals surface area contributed by atoms with Crippen LogP contribution >= 0.6 is 11.8 Å². The van der Waals surface area contributed by atoms with E-state index >= 15 is 0 Å². The Bertz CT molecular complexity index is 974. The molecule has 0 aliphatic rings. The zero-order chi connectivity index (χ0) is 23.8. The molecular weight excluding hydrogens is 362 g/mol. The van der Waals surface area contributed by atoms with Gasteiger partial charge in [0, 0.05) is 12.7 Å². The van der Waals surface area contributed by atoms with Crippen LogP contribution in [0.15, 0.2) is 60.5 Å². The molecule has 0 radical (unpaired) electrons. The van der Waals surface area contributed by atoms with Gasteiger partial charge in [-0.25, -0.2) is 0 Å². The summed E-state index contributed by atoms with van der Waals surface area (Å²) in [5.41, 5.74) is 0.774. The zero-order valence-electron chi connectivity index (χ0n) is 19.8. The Kier molecular flexibility index (Phi) is 5.99. The Hall–Kier alpha value is -2.60. The van der Waals surface area contributed by atoms with Gasteiger partial charge in [0.1, 0.15) is 13.2 Å². The molecular formula is C21H23NO4S. The minimum absolute atomic E-state index is 0.117. The summed E-state index contributed by atoms with van der Waals surface area (Å²) in [7, 11) is 0. The Balaban J connectivity index is 1.96. The number of ether oxygens (including phenoxy) is 1. The summed E-state index contributed by atoms with van der Waals surface area (Å²) in [5.74, 6) is -1.52. The average Bonchev–Trinajstić information content (AvgIpc) is 2.78. The van der Waals surface area contributed by atoms with Crippen LogP contribution in [0.1, 0.15) is 24.9 Å². The SMILES string of the molecule is [2H]c1c([2H])c([2H])c(COC(=O)CNC(=O)[C@@H](CSC(C)=O)Cc2ccccc2)c([2H])c1[2H]. The van der Waals surface area contributed by atoms with E-state index in [0.717, 1.165) is 17.3 Å². The van der Waals surface area contributed by atoms with Crippen LogP contribution < -0.4 is 5.32 Å². The van der Waals surface area contributed by atoms with Gasteiger partial charge in [-0.15, -0.1) is 0 Å². The first-order chi connectivity index (χ1) is 15.1. The third-order valence-electron chi connectivity index (χ3n) is 3.52. The van der Waals surface area contributed by atoms with Gasteiger partial charge in [-0.3, -0.25) is 14.4 Å². The van der Waals surface area contributed by atoms with E-state index in [4.69, 9.17) is 11.6 Å². The van der Waals surface area contributed by atoms with Gasteiger partial charge >= 0.3 is 5.97 Å². The number of carbonyl (C=O) groups is 3. The summed E-state index contributed by atoms with van der Waals surface area (Å²) >= 11 is 1.03. The Morgan fingerprint density at radius 3 is 2.48 bits per heavy atom. The molecule has 0 saturated carbocycles. The van der Waals surface area contributed by atoms with Gasteiger partial charge in [0.2, 0.25) is 5.91 Å². The molecule has 0 fully saturated rings. The van der Waals surface area contributed by atoms with Gasteiger partial charge in [0.25, 0.3) is 0 Å². The predicted molar refractivity (Wildman–Crippen MR) is 106 cm³/mol. The smallest absolute Gasteiger partial charge is 0.325 e. The number of amides is 1. The molecule has 6 heteroatoms. The van der Waals surface area contributed by atoms with Crippen molar-refractivity contribution in [2.24, 2.45) is 5.92 Å². The summed E-state index contributed by atoms with van der Waals surface area (Å²) in [4.78, 5) is 36.0. The number of rotatable bonds is 9. The van der Waals surface area contributed by atoms with E-state index in [1.165, 1.54) is 6.92 Å². The average molecular weight is 391 g/mol. The van der Waals surface area contributed by atoms with Crippen LogP contribution in [-0.4, -0.2) is 29.3 Å². The molecule has 2 aromatic rings. The highest BCUT2D eigenvalue weighted by Gasteiger charge is 2.21. The number of hydrogen-bond donors (Lipinski definition) is 1. The minimum Gasteiger partial charge on any atom is -0.460 e. The van der Waals surface area contributed by atoms with Crippen LogP contribution in [-0.2, 0) is 32.1 Å². The Labute approximate surface area is 170 Å². The zero-order valence-corrected chi connectivity index (χ0v) is 15.7. The molecule has 5 nitrogen and oxygen atoms in total. The fraction of sp³-hybridized carbons (Fsp3) is 0.286. The molecule has 1 N–H and O–H groups in total. The second kappa shape index (κ2) is 11.2. The van der Waals surface area contributed by atoms with Crippen LogP contribution in [0.3, 0.4) is 0 Å². The standard InChI is InChI=1S/C21H23NO4S/c1-16(23)27-15-19(12-17-8-4-2-5-9-17)21(25)22-13-20(24)26-14-18-10-6-3-7-11-18/h2-11,19H,12-15H2,1H3,(H,22,25)/t19-/m1/s1/i3D,6D,7D,10D,11D. The fourth-order valence-corrected chi connectivity index (χ4v) is 2.90. The van der Waals surface area contributed by atoms with Gasteiger partial charge in [0.15, 0.2) is 5.12 Å². The molecule has 2 aromatic carbocycles. The molecule has 1 amide bonds. The van der Waals surface area contributed by atoms with Crippen LogP contribution in [0, 0.1) is 5.92 Å². The first-order valence-corrected chi connectivity index (χ1v) is 9.26. The van der Waals surface area contributed by atoms with E-state index in [1.807, 2.05) is 30.3 Å². The van der Waals surface area contributed by atoms with Crippen molar-refractivity contribution in [2.45, 2.75) is 20.0 Å². The second-order valence-electron chi connectivity index (χ2n) is 5.67. The third-order valence-corrected chi connectivity index (χ3v) is 4.50. The molecule has 0 aliphatic carbocycles. The van der Waals surface area contributed by atoms with E-state index in [9.17, 15) is 14.4 Å². The molecule has 0 spiro atoms. The molecule has 2 rings (SSSR count). The van der Waals surface area contributed by atoms with E-state index in [-0.39, 0.29) is 16.4 Å². The first-order valence-electron chi connectivity index (χ1n) is 10.8. The normalized spacial score (nSPS) is 14.0. The van der Waals surface area contributed by atoms with Crippen LogP contribution in [0.4, 0.5) is 0 Å². The van der Waals surface area contributed by atoms with Crippen molar-refractivity contribution in [3.63, 3.8) is 0 Å². The quantitative estimate of drug-likeness (QED) is 0.667. The number of thioether (sulfide) groups is 1. The summed E-state index contributed by atoms with van der Waals surface area (Å²) in [6.45, 7) is 0.448. The number of benzene rings is 2. The number of hydrogen-bond acceptors (Lipinski definition) is 5. The maximum absolute atomic E-state index is 12.6. The molecule has 0 aliphatic heterocycles. The summed E-state index contributed by atoms with van der Waals surface area (Å²) in [5, 5.41) is 2.37. The van der Waals surface area contributed by atoms with Crippen molar-refractivity contribution in [3.05, 3.63) is 71.7 Å². The van der Waals surface area contributed by atoms with Crippen LogP contribution in [0.2, 0.25) is 0 Å². The monoisotopic (exact) mass is 390 g/mol. The fourth-order valence-electron chi connectivity index (χ4n) is 2.20. The Morgan fingerprint density at radius 2 is 1.81 bits per heavy atom. The molecule has 0 bridgehead atoms. The van der Waals surface area contributed by atoms with Crippen molar-refractivity contribution < 1.29 is 26.0 Å².